The standard InChI is InChI=1S/C17H20O2/c1-13-8-9-15(3)17(12-13)19-11-10-18-16-7-5-4-6-14(16)2/h4-9,12H,10-11H2,1-3H3. The molecule has 0 fully saturated rings. The van der Waals surface area contributed by atoms with E-state index < -0.39 is 0 Å². The number of benzene rings is 2. The number of aryl methyl sites for hydroxylation is 3. The Hall–Kier alpha value is -1.96. The zero-order valence-corrected chi connectivity index (χ0v) is 11.8. The molecule has 0 aliphatic carbocycles. The number of para-hydroxylation sites is 1. The smallest absolute Gasteiger partial charge is 0.122 e. The fraction of sp³-hybridized carbons (Fsp3) is 0.294. The van der Waals surface area contributed by atoms with Gasteiger partial charge in [0.1, 0.15) is 24.7 Å². The Labute approximate surface area is 115 Å². The SMILES string of the molecule is Cc1ccc(C)c(OCCOc2ccccc2C)c1. The normalized spacial score (nSPS) is 10.3. The van der Waals surface area contributed by atoms with Crippen molar-refractivity contribution in [3.05, 3.63) is 59.2 Å². The molecule has 2 aromatic carbocycles. The maximum absolute atomic E-state index is 5.75. The first-order valence-corrected chi connectivity index (χ1v) is 6.55. The van der Waals surface area contributed by atoms with E-state index in [0.717, 1.165) is 22.6 Å². The second-order valence-corrected chi connectivity index (χ2v) is 4.73. The van der Waals surface area contributed by atoms with Crippen molar-refractivity contribution in [3.8, 4) is 11.5 Å². The second kappa shape index (κ2) is 6.28. The van der Waals surface area contributed by atoms with E-state index in [1.807, 2.05) is 31.2 Å². The lowest BCUT2D eigenvalue weighted by Gasteiger charge is -2.12. The van der Waals surface area contributed by atoms with Gasteiger partial charge >= 0.3 is 0 Å². The van der Waals surface area contributed by atoms with Gasteiger partial charge in [-0.25, -0.2) is 0 Å². The van der Waals surface area contributed by atoms with Crippen LogP contribution in [0.5, 0.6) is 11.5 Å². The van der Waals surface area contributed by atoms with Gasteiger partial charge in [-0.15, -0.1) is 0 Å². The zero-order valence-electron chi connectivity index (χ0n) is 11.8. The molecule has 2 aromatic rings. The highest BCUT2D eigenvalue weighted by Crippen LogP contribution is 2.19. The van der Waals surface area contributed by atoms with E-state index in [-0.39, 0.29) is 0 Å². The van der Waals surface area contributed by atoms with E-state index in [1.165, 1.54) is 5.56 Å². The molecule has 0 saturated carbocycles. The molecule has 2 rings (SSSR count). The van der Waals surface area contributed by atoms with Gasteiger partial charge in [0.25, 0.3) is 0 Å². The first-order valence-electron chi connectivity index (χ1n) is 6.55. The fourth-order valence-electron chi connectivity index (χ4n) is 1.88. The third-order valence-corrected chi connectivity index (χ3v) is 3.04. The maximum Gasteiger partial charge on any atom is 0.122 e. The molecule has 0 N–H and O–H groups in total. The summed E-state index contributed by atoms with van der Waals surface area (Å²) in [7, 11) is 0. The molecule has 0 amide bonds. The first-order chi connectivity index (χ1) is 9.16. The van der Waals surface area contributed by atoms with Gasteiger partial charge in [-0.2, -0.15) is 0 Å². The summed E-state index contributed by atoms with van der Waals surface area (Å²) in [5, 5.41) is 0. The van der Waals surface area contributed by atoms with E-state index in [1.54, 1.807) is 0 Å². The largest absolute Gasteiger partial charge is 0.490 e. The number of hydrogen-bond donors (Lipinski definition) is 0. The van der Waals surface area contributed by atoms with Crippen molar-refractivity contribution < 1.29 is 9.47 Å². The van der Waals surface area contributed by atoms with Crippen LogP contribution in [0.2, 0.25) is 0 Å². The van der Waals surface area contributed by atoms with Gasteiger partial charge in [0, 0.05) is 0 Å². The molecular weight excluding hydrogens is 236 g/mol. The maximum atomic E-state index is 5.75. The lowest BCUT2D eigenvalue weighted by atomic mass is 10.1. The molecule has 0 aliphatic rings. The number of ether oxygens (including phenoxy) is 2. The summed E-state index contributed by atoms with van der Waals surface area (Å²) in [5.41, 5.74) is 3.51. The van der Waals surface area contributed by atoms with Crippen molar-refractivity contribution in [1.82, 2.24) is 0 Å². The lowest BCUT2D eigenvalue weighted by Crippen LogP contribution is -2.10. The van der Waals surface area contributed by atoms with Gasteiger partial charge in [-0.1, -0.05) is 30.3 Å². The van der Waals surface area contributed by atoms with E-state index in [4.69, 9.17) is 9.47 Å². The minimum atomic E-state index is 0.554. The van der Waals surface area contributed by atoms with Crippen molar-refractivity contribution in [1.29, 1.82) is 0 Å². The molecule has 0 spiro atoms. The van der Waals surface area contributed by atoms with Crippen molar-refractivity contribution in [2.45, 2.75) is 20.8 Å². The molecular formula is C17H20O2. The molecule has 100 valence electrons. The number of rotatable bonds is 5. The molecule has 19 heavy (non-hydrogen) atoms. The summed E-state index contributed by atoms with van der Waals surface area (Å²) in [6, 6.07) is 14.2. The molecule has 0 saturated heterocycles. The van der Waals surface area contributed by atoms with Crippen LogP contribution in [0.15, 0.2) is 42.5 Å². The van der Waals surface area contributed by atoms with Gasteiger partial charge < -0.3 is 9.47 Å². The van der Waals surface area contributed by atoms with Gasteiger partial charge in [0.2, 0.25) is 0 Å². The Morgan fingerprint density at radius 1 is 0.737 bits per heavy atom. The Morgan fingerprint density at radius 3 is 2.11 bits per heavy atom. The fourth-order valence-corrected chi connectivity index (χ4v) is 1.88. The third-order valence-electron chi connectivity index (χ3n) is 3.04. The van der Waals surface area contributed by atoms with Crippen LogP contribution in [0.25, 0.3) is 0 Å². The van der Waals surface area contributed by atoms with Gasteiger partial charge in [0.15, 0.2) is 0 Å². The van der Waals surface area contributed by atoms with Crippen molar-refractivity contribution >= 4 is 0 Å². The van der Waals surface area contributed by atoms with Crippen LogP contribution in [0.1, 0.15) is 16.7 Å². The molecule has 0 aliphatic heterocycles. The van der Waals surface area contributed by atoms with Crippen LogP contribution in [0.4, 0.5) is 0 Å². The average molecular weight is 256 g/mol. The quantitative estimate of drug-likeness (QED) is 0.751. The molecule has 2 heteroatoms. The molecule has 2 nitrogen and oxygen atoms in total. The Bertz CT molecular complexity index is 547. The van der Waals surface area contributed by atoms with Gasteiger partial charge in [0.05, 0.1) is 0 Å². The zero-order chi connectivity index (χ0) is 13.7. The van der Waals surface area contributed by atoms with Crippen LogP contribution in [0.3, 0.4) is 0 Å². The summed E-state index contributed by atoms with van der Waals surface area (Å²) in [6.45, 7) is 7.27. The average Bonchev–Trinajstić information content (AvgIpc) is 2.40. The minimum Gasteiger partial charge on any atom is -0.490 e. The summed E-state index contributed by atoms with van der Waals surface area (Å²) in [5.74, 6) is 1.86. The van der Waals surface area contributed by atoms with Crippen LogP contribution < -0.4 is 9.47 Å². The monoisotopic (exact) mass is 256 g/mol. The summed E-state index contributed by atoms with van der Waals surface area (Å²) >= 11 is 0. The molecule has 0 bridgehead atoms. The van der Waals surface area contributed by atoms with Crippen molar-refractivity contribution in [3.63, 3.8) is 0 Å². The first kappa shape index (κ1) is 13.5. The highest BCUT2D eigenvalue weighted by molar-refractivity contribution is 5.36. The van der Waals surface area contributed by atoms with Crippen molar-refractivity contribution in [2.75, 3.05) is 13.2 Å². The molecule has 0 radical (unpaired) electrons. The third kappa shape index (κ3) is 3.75. The van der Waals surface area contributed by atoms with Crippen molar-refractivity contribution in [2.24, 2.45) is 0 Å². The topological polar surface area (TPSA) is 18.5 Å². The summed E-state index contributed by atoms with van der Waals surface area (Å²) < 4.78 is 11.5. The summed E-state index contributed by atoms with van der Waals surface area (Å²) in [6.07, 6.45) is 0. The van der Waals surface area contributed by atoms with Crippen LogP contribution in [-0.4, -0.2) is 13.2 Å². The van der Waals surface area contributed by atoms with Gasteiger partial charge in [-0.05, 0) is 49.6 Å². The van der Waals surface area contributed by atoms with Crippen LogP contribution in [0, 0.1) is 20.8 Å². The second-order valence-electron chi connectivity index (χ2n) is 4.73. The molecule has 0 heterocycles. The highest BCUT2D eigenvalue weighted by Gasteiger charge is 2.01. The molecule has 0 unspecified atom stereocenters. The van der Waals surface area contributed by atoms with Crippen LogP contribution >= 0.6 is 0 Å². The predicted octanol–water partition coefficient (Wildman–Crippen LogP) is 4.07. The van der Waals surface area contributed by atoms with E-state index in [2.05, 4.69) is 32.0 Å². The molecule has 0 atom stereocenters. The lowest BCUT2D eigenvalue weighted by molar-refractivity contribution is 0.215. The predicted molar refractivity (Wildman–Crippen MR) is 78.1 cm³/mol. The van der Waals surface area contributed by atoms with E-state index >= 15 is 0 Å². The Morgan fingerprint density at radius 2 is 1.37 bits per heavy atom. The van der Waals surface area contributed by atoms with Gasteiger partial charge in [-0.3, -0.25) is 0 Å². The highest BCUT2D eigenvalue weighted by atomic mass is 16.5. The molecule has 0 aromatic heterocycles. The summed E-state index contributed by atoms with van der Waals surface area (Å²) in [4.78, 5) is 0. The van der Waals surface area contributed by atoms with Crippen LogP contribution in [-0.2, 0) is 0 Å². The number of hydrogen-bond acceptors (Lipinski definition) is 2. The Kier molecular flexibility index (Phi) is 4.45. The van der Waals surface area contributed by atoms with E-state index in [9.17, 15) is 0 Å². The minimum absolute atomic E-state index is 0.554. The van der Waals surface area contributed by atoms with E-state index in [0.29, 0.717) is 13.2 Å². The Balaban J connectivity index is 1.84.